The van der Waals surface area contributed by atoms with Gasteiger partial charge < -0.3 is 10.1 Å². The highest BCUT2D eigenvalue weighted by atomic mass is 32.2. The predicted octanol–water partition coefficient (Wildman–Crippen LogP) is 2.92. The van der Waals surface area contributed by atoms with E-state index in [-0.39, 0.29) is 11.2 Å². The molecule has 3 nitrogen and oxygen atoms in total. The minimum Gasteiger partial charge on any atom is -0.490 e. The average molecular weight is 282 g/mol. The van der Waals surface area contributed by atoms with Gasteiger partial charge in [0.25, 0.3) is 0 Å². The van der Waals surface area contributed by atoms with Crippen molar-refractivity contribution in [2.75, 3.05) is 25.4 Å². The van der Waals surface area contributed by atoms with Crippen molar-refractivity contribution in [2.24, 2.45) is 10.4 Å². The van der Waals surface area contributed by atoms with Gasteiger partial charge in [0.2, 0.25) is 0 Å². The number of benzene rings is 1. The first-order valence-corrected chi connectivity index (χ1v) is 7.34. The van der Waals surface area contributed by atoms with E-state index in [9.17, 15) is 4.39 Å². The van der Waals surface area contributed by atoms with Crippen LogP contribution in [0.25, 0.3) is 0 Å². The summed E-state index contributed by atoms with van der Waals surface area (Å²) >= 11 is 1.61. The molecule has 0 saturated carbocycles. The zero-order valence-electron chi connectivity index (χ0n) is 11.3. The van der Waals surface area contributed by atoms with Gasteiger partial charge in [0, 0.05) is 24.3 Å². The summed E-state index contributed by atoms with van der Waals surface area (Å²) < 4.78 is 18.7. The minimum atomic E-state index is -0.317. The molecule has 5 heteroatoms. The Kier molecular flexibility index (Phi) is 4.69. The Morgan fingerprint density at radius 1 is 1.42 bits per heavy atom. The van der Waals surface area contributed by atoms with Gasteiger partial charge in [-0.15, -0.1) is 0 Å². The van der Waals surface area contributed by atoms with Gasteiger partial charge in [-0.25, -0.2) is 4.39 Å². The molecule has 0 amide bonds. The van der Waals surface area contributed by atoms with Crippen LogP contribution in [0, 0.1) is 11.2 Å². The summed E-state index contributed by atoms with van der Waals surface area (Å²) in [5.74, 6) is 0.741. The van der Waals surface area contributed by atoms with Crippen molar-refractivity contribution < 1.29 is 9.13 Å². The van der Waals surface area contributed by atoms with E-state index in [4.69, 9.17) is 4.74 Å². The van der Waals surface area contributed by atoms with Crippen molar-refractivity contribution in [3.8, 4) is 5.75 Å². The van der Waals surface area contributed by atoms with E-state index in [0.717, 1.165) is 24.0 Å². The zero-order valence-corrected chi connectivity index (χ0v) is 12.1. The van der Waals surface area contributed by atoms with Crippen LogP contribution in [0.1, 0.15) is 13.8 Å². The molecule has 1 aliphatic heterocycles. The van der Waals surface area contributed by atoms with Gasteiger partial charge in [-0.3, -0.25) is 4.99 Å². The highest BCUT2D eigenvalue weighted by molar-refractivity contribution is 8.13. The van der Waals surface area contributed by atoms with Gasteiger partial charge in [-0.1, -0.05) is 37.7 Å². The molecule has 19 heavy (non-hydrogen) atoms. The molecule has 0 atom stereocenters. The van der Waals surface area contributed by atoms with Crippen LogP contribution in [-0.2, 0) is 0 Å². The van der Waals surface area contributed by atoms with Crippen LogP contribution < -0.4 is 10.1 Å². The lowest BCUT2D eigenvalue weighted by atomic mass is 9.93. The van der Waals surface area contributed by atoms with Crippen LogP contribution in [0.2, 0.25) is 0 Å². The lowest BCUT2D eigenvalue weighted by Gasteiger charge is -2.28. The number of ether oxygens (including phenoxy) is 1. The molecule has 0 bridgehead atoms. The number of nitrogens with one attached hydrogen (secondary N) is 1. The number of para-hydroxylation sites is 1. The Morgan fingerprint density at radius 3 is 2.89 bits per heavy atom. The Hall–Kier alpha value is -1.23. The zero-order chi connectivity index (χ0) is 13.7. The van der Waals surface area contributed by atoms with Crippen LogP contribution in [0.4, 0.5) is 4.39 Å². The molecule has 0 spiro atoms. The Labute approximate surface area is 117 Å². The maximum absolute atomic E-state index is 13.3. The topological polar surface area (TPSA) is 33.6 Å². The molecule has 1 aliphatic rings. The smallest absolute Gasteiger partial charge is 0.165 e. The first kappa shape index (κ1) is 14.2. The maximum atomic E-state index is 13.3. The molecule has 0 fully saturated rings. The first-order valence-electron chi connectivity index (χ1n) is 6.35. The summed E-state index contributed by atoms with van der Waals surface area (Å²) in [6.45, 7) is 6.62. The van der Waals surface area contributed by atoms with Crippen LogP contribution >= 0.6 is 11.8 Å². The normalized spacial score (nSPS) is 17.5. The summed E-state index contributed by atoms with van der Waals surface area (Å²) in [5, 5.41) is 4.26. The van der Waals surface area contributed by atoms with Gasteiger partial charge in [-0.2, -0.15) is 0 Å². The second kappa shape index (κ2) is 6.28. The van der Waals surface area contributed by atoms with Gasteiger partial charge >= 0.3 is 0 Å². The number of rotatable bonds is 4. The molecule has 1 N–H and O–H groups in total. The molecular weight excluding hydrogens is 263 g/mol. The van der Waals surface area contributed by atoms with Gasteiger partial charge in [0.1, 0.15) is 0 Å². The molecule has 1 aromatic rings. The maximum Gasteiger partial charge on any atom is 0.165 e. The third-order valence-corrected chi connectivity index (χ3v) is 3.70. The standard InChI is InChI=1S/C14H19FN2OS/c1-14(2)9-16-13(17-10-14)19-8-7-18-12-6-4-3-5-11(12)15/h3-6H,7-10H2,1-2H3,(H,16,17). The summed E-state index contributed by atoms with van der Waals surface area (Å²) in [7, 11) is 0. The van der Waals surface area contributed by atoms with Crippen molar-refractivity contribution in [3.63, 3.8) is 0 Å². The van der Waals surface area contributed by atoms with E-state index in [1.54, 1.807) is 30.0 Å². The molecule has 2 rings (SSSR count). The summed E-state index contributed by atoms with van der Waals surface area (Å²) in [4.78, 5) is 4.48. The fraction of sp³-hybridized carbons (Fsp3) is 0.500. The van der Waals surface area contributed by atoms with Crippen molar-refractivity contribution in [2.45, 2.75) is 13.8 Å². The Bertz CT molecular complexity index is 463. The van der Waals surface area contributed by atoms with Crippen molar-refractivity contribution in [1.82, 2.24) is 5.32 Å². The molecule has 1 aromatic carbocycles. The van der Waals surface area contributed by atoms with E-state index in [1.807, 2.05) is 0 Å². The van der Waals surface area contributed by atoms with Gasteiger partial charge in [0.15, 0.2) is 16.7 Å². The van der Waals surface area contributed by atoms with Crippen molar-refractivity contribution in [3.05, 3.63) is 30.1 Å². The van der Waals surface area contributed by atoms with E-state index < -0.39 is 0 Å². The summed E-state index contributed by atoms with van der Waals surface area (Å²) in [6.07, 6.45) is 0. The average Bonchev–Trinajstić information content (AvgIpc) is 2.38. The lowest BCUT2D eigenvalue weighted by molar-refractivity contribution is 0.325. The highest BCUT2D eigenvalue weighted by Crippen LogP contribution is 2.20. The van der Waals surface area contributed by atoms with Crippen LogP contribution in [0.5, 0.6) is 5.75 Å². The lowest BCUT2D eigenvalue weighted by Crippen LogP contribution is -2.39. The fourth-order valence-electron chi connectivity index (χ4n) is 1.66. The van der Waals surface area contributed by atoms with Crippen LogP contribution in [0.15, 0.2) is 29.3 Å². The van der Waals surface area contributed by atoms with Gasteiger partial charge in [0.05, 0.1) is 6.61 Å². The van der Waals surface area contributed by atoms with Gasteiger partial charge in [-0.05, 0) is 12.1 Å². The number of halogens is 1. The molecule has 0 saturated heterocycles. The number of hydrogen-bond acceptors (Lipinski definition) is 4. The molecule has 0 aliphatic carbocycles. The number of nitrogens with zero attached hydrogens (tertiary/aromatic N) is 1. The molecular formula is C14H19FN2OS. The van der Waals surface area contributed by atoms with Crippen LogP contribution in [0.3, 0.4) is 0 Å². The molecule has 0 radical (unpaired) electrons. The monoisotopic (exact) mass is 282 g/mol. The number of aliphatic imine (C=N–C) groups is 1. The largest absolute Gasteiger partial charge is 0.490 e. The predicted molar refractivity (Wildman–Crippen MR) is 78.4 cm³/mol. The number of thioether (sulfide) groups is 1. The third-order valence-electron chi connectivity index (χ3n) is 2.79. The molecule has 1 heterocycles. The fourth-order valence-corrected chi connectivity index (χ4v) is 2.35. The first-order chi connectivity index (χ1) is 9.07. The van der Waals surface area contributed by atoms with E-state index in [0.29, 0.717) is 12.4 Å². The van der Waals surface area contributed by atoms with E-state index in [2.05, 4.69) is 24.2 Å². The summed E-state index contributed by atoms with van der Waals surface area (Å²) in [5.41, 5.74) is 0.230. The Morgan fingerprint density at radius 2 is 2.21 bits per heavy atom. The van der Waals surface area contributed by atoms with E-state index >= 15 is 0 Å². The quantitative estimate of drug-likeness (QED) is 0.862. The SMILES string of the molecule is CC1(C)CN=C(SCCOc2ccccc2F)NC1. The number of hydrogen-bond donors (Lipinski definition) is 1. The second-order valence-corrected chi connectivity index (χ2v) is 6.35. The minimum absolute atomic E-state index is 0.230. The number of amidine groups is 1. The molecule has 104 valence electrons. The van der Waals surface area contributed by atoms with Crippen molar-refractivity contribution >= 4 is 16.9 Å². The molecule has 0 aromatic heterocycles. The van der Waals surface area contributed by atoms with Crippen molar-refractivity contribution in [1.29, 1.82) is 0 Å². The van der Waals surface area contributed by atoms with E-state index in [1.165, 1.54) is 6.07 Å². The van der Waals surface area contributed by atoms with Crippen LogP contribution in [-0.4, -0.2) is 30.6 Å². The molecule has 0 unspecified atom stereocenters. The summed E-state index contributed by atoms with van der Waals surface area (Å²) in [6, 6.07) is 6.45. The Balaban J connectivity index is 1.71. The third kappa shape index (κ3) is 4.42. The highest BCUT2D eigenvalue weighted by Gasteiger charge is 2.22. The second-order valence-electron chi connectivity index (χ2n) is 5.27.